The predicted octanol–water partition coefficient (Wildman–Crippen LogP) is 2.93. The van der Waals surface area contributed by atoms with Crippen LogP contribution in [0.15, 0.2) is 23.6 Å². The summed E-state index contributed by atoms with van der Waals surface area (Å²) in [5.41, 5.74) is 0.602. The Kier molecular flexibility index (Phi) is 5.46. The number of ether oxygens (including phenoxy) is 2. The van der Waals surface area contributed by atoms with Gasteiger partial charge < -0.3 is 14.8 Å². The Hall–Kier alpha value is -1.99. The van der Waals surface area contributed by atoms with E-state index in [1.165, 1.54) is 24.5 Å². The first-order valence-corrected chi connectivity index (χ1v) is 7.51. The maximum atomic E-state index is 14.0. The van der Waals surface area contributed by atoms with Gasteiger partial charge in [0, 0.05) is 12.5 Å². The number of halogens is 1. The van der Waals surface area contributed by atoms with Crippen molar-refractivity contribution in [2.45, 2.75) is 19.6 Å². The first-order chi connectivity index (χ1) is 10.6. The van der Waals surface area contributed by atoms with E-state index < -0.39 is 11.9 Å². The summed E-state index contributed by atoms with van der Waals surface area (Å²) in [5.74, 6) is -0.395. The molecule has 0 aliphatic rings. The standard InChI is InChI=1S/C15H17FN2O3S/c1-9(14-10(16)5-4-6-12(14)21-3)17-15(19)11-8-22-13(18-11)7-20-2/h4-6,8-9H,7H2,1-3H3,(H,17,19)/t9-/m1/s1. The topological polar surface area (TPSA) is 60.5 Å². The van der Waals surface area contributed by atoms with Crippen molar-refractivity contribution in [2.24, 2.45) is 0 Å². The van der Waals surface area contributed by atoms with Crippen molar-refractivity contribution in [2.75, 3.05) is 14.2 Å². The molecule has 0 bridgehead atoms. The molecule has 22 heavy (non-hydrogen) atoms. The van der Waals surface area contributed by atoms with Gasteiger partial charge in [-0.05, 0) is 19.1 Å². The summed E-state index contributed by atoms with van der Waals surface area (Å²) in [6, 6.07) is 4.00. The van der Waals surface area contributed by atoms with Crippen LogP contribution in [-0.4, -0.2) is 25.1 Å². The Balaban J connectivity index is 2.14. The molecule has 0 aliphatic carbocycles. The summed E-state index contributed by atoms with van der Waals surface area (Å²) in [4.78, 5) is 16.4. The average molecular weight is 324 g/mol. The van der Waals surface area contributed by atoms with Crippen molar-refractivity contribution in [3.8, 4) is 5.75 Å². The molecule has 0 saturated heterocycles. The number of hydrogen-bond acceptors (Lipinski definition) is 5. The maximum Gasteiger partial charge on any atom is 0.271 e. The van der Waals surface area contributed by atoms with Crippen LogP contribution >= 0.6 is 11.3 Å². The number of nitrogens with zero attached hydrogens (tertiary/aromatic N) is 1. The molecule has 2 aromatic rings. The average Bonchev–Trinajstić information content (AvgIpc) is 2.95. The van der Waals surface area contributed by atoms with Gasteiger partial charge in [-0.1, -0.05) is 6.07 Å². The van der Waals surface area contributed by atoms with Crippen LogP contribution in [0.2, 0.25) is 0 Å². The normalized spacial score (nSPS) is 12.0. The fraction of sp³-hybridized carbons (Fsp3) is 0.333. The Morgan fingerprint density at radius 2 is 2.23 bits per heavy atom. The summed E-state index contributed by atoms with van der Waals surface area (Å²) in [7, 11) is 3.03. The molecule has 1 heterocycles. The Morgan fingerprint density at radius 3 is 2.91 bits per heavy atom. The lowest BCUT2D eigenvalue weighted by Gasteiger charge is -2.17. The highest BCUT2D eigenvalue weighted by Crippen LogP contribution is 2.27. The van der Waals surface area contributed by atoms with Crippen LogP contribution in [0.1, 0.15) is 34.0 Å². The van der Waals surface area contributed by atoms with Gasteiger partial charge in [-0.2, -0.15) is 0 Å². The van der Waals surface area contributed by atoms with Crippen LogP contribution in [0.25, 0.3) is 0 Å². The summed E-state index contributed by atoms with van der Waals surface area (Å²) in [6.45, 7) is 2.05. The van der Waals surface area contributed by atoms with Gasteiger partial charge in [-0.3, -0.25) is 4.79 Å². The van der Waals surface area contributed by atoms with E-state index in [1.807, 2.05) is 0 Å². The second-order valence-electron chi connectivity index (χ2n) is 4.61. The predicted molar refractivity (Wildman–Crippen MR) is 81.7 cm³/mol. The van der Waals surface area contributed by atoms with E-state index in [9.17, 15) is 9.18 Å². The largest absolute Gasteiger partial charge is 0.496 e. The van der Waals surface area contributed by atoms with Gasteiger partial charge in [-0.15, -0.1) is 11.3 Å². The van der Waals surface area contributed by atoms with Crippen LogP contribution in [0.3, 0.4) is 0 Å². The van der Waals surface area contributed by atoms with E-state index in [0.717, 1.165) is 0 Å². The molecule has 0 radical (unpaired) electrons. The zero-order chi connectivity index (χ0) is 16.1. The van der Waals surface area contributed by atoms with Gasteiger partial charge >= 0.3 is 0 Å². The molecule has 0 saturated carbocycles. The van der Waals surface area contributed by atoms with Gasteiger partial charge in [0.2, 0.25) is 0 Å². The molecule has 1 atom stereocenters. The minimum atomic E-state index is -0.545. The molecule has 0 aliphatic heterocycles. The molecular weight excluding hydrogens is 307 g/mol. The second-order valence-corrected chi connectivity index (χ2v) is 5.55. The monoisotopic (exact) mass is 324 g/mol. The molecule has 1 aromatic carbocycles. The van der Waals surface area contributed by atoms with Crippen molar-refractivity contribution in [1.82, 2.24) is 10.3 Å². The molecule has 1 amide bonds. The van der Waals surface area contributed by atoms with Crippen LogP contribution in [0.4, 0.5) is 4.39 Å². The van der Waals surface area contributed by atoms with Crippen LogP contribution in [0, 0.1) is 5.82 Å². The number of nitrogens with one attached hydrogen (secondary N) is 1. The first kappa shape index (κ1) is 16.4. The molecule has 1 aromatic heterocycles. The van der Waals surface area contributed by atoms with Crippen LogP contribution in [-0.2, 0) is 11.3 Å². The summed E-state index contributed by atoms with van der Waals surface area (Å²) in [6.07, 6.45) is 0. The van der Waals surface area contributed by atoms with Gasteiger partial charge in [0.25, 0.3) is 5.91 Å². The Bertz CT molecular complexity index is 660. The molecule has 0 fully saturated rings. The smallest absolute Gasteiger partial charge is 0.271 e. The van der Waals surface area contributed by atoms with Gasteiger partial charge in [0.15, 0.2) is 0 Å². The number of amides is 1. The quantitative estimate of drug-likeness (QED) is 0.887. The van der Waals surface area contributed by atoms with E-state index in [-0.39, 0.29) is 5.91 Å². The summed E-state index contributed by atoms with van der Waals surface area (Å²) >= 11 is 1.34. The number of benzene rings is 1. The number of aromatic nitrogens is 1. The zero-order valence-electron chi connectivity index (χ0n) is 12.6. The molecule has 118 valence electrons. The number of methoxy groups -OCH3 is 2. The molecule has 2 rings (SSSR count). The highest BCUT2D eigenvalue weighted by atomic mass is 32.1. The van der Waals surface area contributed by atoms with Crippen molar-refractivity contribution < 1.29 is 18.7 Å². The molecular formula is C15H17FN2O3S. The van der Waals surface area contributed by atoms with Crippen molar-refractivity contribution >= 4 is 17.2 Å². The fourth-order valence-corrected chi connectivity index (χ4v) is 2.81. The van der Waals surface area contributed by atoms with Gasteiger partial charge in [0.05, 0.1) is 25.3 Å². The van der Waals surface area contributed by atoms with Crippen LogP contribution < -0.4 is 10.1 Å². The highest BCUT2D eigenvalue weighted by molar-refractivity contribution is 7.09. The second kappa shape index (κ2) is 7.33. The van der Waals surface area contributed by atoms with Crippen LogP contribution in [0.5, 0.6) is 5.75 Å². The van der Waals surface area contributed by atoms with Crippen molar-refractivity contribution in [3.63, 3.8) is 0 Å². The Labute approximate surface area is 132 Å². The summed E-state index contributed by atoms with van der Waals surface area (Å²) < 4.78 is 24.1. The summed E-state index contributed by atoms with van der Waals surface area (Å²) in [5, 5.41) is 5.09. The Morgan fingerprint density at radius 1 is 1.45 bits per heavy atom. The number of carbonyl (C=O) groups excluding carboxylic acids is 1. The molecule has 0 unspecified atom stereocenters. The van der Waals surface area contributed by atoms with E-state index in [0.29, 0.717) is 28.6 Å². The van der Waals surface area contributed by atoms with E-state index in [4.69, 9.17) is 9.47 Å². The number of thiazole rings is 1. The molecule has 1 N–H and O–H groups in total. The van der Waals surface area contributed by atoms with E-state index >= 15 is 0 Å². The molecule has 0 spiro atoms. The minimum absolute atomic E-state index is 0.291. The first-order valence-electron chi connectivity index (χ1n) is 6.63. The SMILES string of the molecule is COCc1nc(C(=O)N[C@H](C)c2c(F)cccc2OC)cs1. The lowest BCUT2D eigenvalue weighted by atomic mass is 10.1. The molecule has 7 heteroatoms. The number of carbonyl (C=O) groups is 1. The zero-order valence-corrected chi connectivity index (χ0v) is 13.4. The number of rotatable bonds is 6. The van der Waals surface area contributed by atoms with E-state index in [1.54, 1.807) is 31.5 Å². The van der Waals surface area contributed by atoms with Gasteiger partial charge in [-0.25, -0.2) is 9.37 Å². The van der Waals surface area contributed by atoms with E-state index in [2.05, 4.69) is 10.3 Å². The van der Waals surface area contributed by atoms with Gasteiger partial charge in [0.1, 0.15) is 22.3 Å². The maximum absolute atomic E-state index is 14.0. The highest BCUT2D eigenvalue weighted by Gasteiger charge is 2.20. The lowest BCUT2D eigenvalue weighted by molar-refractivity contribution is 0.0934. The lowest BCUT2D eigenvalue weighted by Crippen LogP contribution is -2.28. The third-order valence-corrected chi connectivity index (χ3v) is 3.89. The third kappa shape index (κ3) is 3.61. The van der Waals surface area contributed by atoms with Crippen molar-refractivity contribution in [1.29, 1.82) is 0 Å². The van der Waals surface area contributed by atoms with Crippen molar-refractivity contribution in [3.05, 3.63) is 45.7 Å². The third-order valence-electron chi connectivity index (χ3n) is 3.07. The molecule has 5 nitrogen and oxygen atoms in total. The fourth-order valence-electron chi connectivity index (χ4n) is 2.06. The minimum Gasteiger partial charge on any atom is -0.496 e. The number of hydrogen-bond donors (Lipinski definition) is 1.